The summed E-state index contributed by atoms with van der Waals surface area (Å²) in [5.41, 5.74) is 11.2. The van der Waals surface area contributed by atoms with E-state index in [0.717, 1.165) is 59.1 Å². The van der Waals surface area contributed by atoms with Gasteiger partial charge in [0.25, 0.3) is 0 Å². The number of pyridine rings is 2. The fourth-order valence-corrected chi connectivity index (χ4v) is 4.00. The Labute approximate surface area is 169 Å². The van der Waals surface area contributed by atoms with E-state index in [-0.39, 0.29) is 0 Å². The van der Waals surface area contributed by atoms with Gasteiger partial charge in [0.15, 0.2) is 0 Å². The molecule has 0 amide bonds. The average molecular weight is 384 g/mol. The van der Waals surface area contributed by atoms with Crippen molar-refractivity contribution >= 4 is 16.6 Å². The van der Waals surface area contributed by atoms with Gasteiger partial charge in [-0.2, -0.15) is 5.10 Å². The number of nitrogens with two attached hydrogens (primary N) is 1. The molecular formula is C23H24N6. The molecule has 0 unspecified atom stereocenters. The van der Waals surface area contributed by atoms with Gasteiger partial charge in [-0.1, -0.05) is 23.8 Å². The Morgan fingerprint density at radius 1 is 0.966 bits per heavy atom. The first-order chi connectivity index (χ1) is 14.2. The van der Waals surface area contributed by atoms with E-state index in [9.17, 15) is 0 Å². The van der Waals surface area contributed by atoms with Gasteiger partial charge in [0.1, 0.15) is 5.82 Å². The van der Waals surface area contributed by atoms with E-state index in [1.54, 1.807) is 0 Å². The first-order valence-corrected chi connectivity index (χ1v) is 10.0. The first-order valence-electron chi connectivity index (χ1n) is 10.0. The molecule has 1 saturated heterocycles. The van der Waals surface area contributed by atoms with Crippen LogP contribution in [-0.2, 0) is 0 Å². The van der Waals surface area contributed by atoms with Crippen LogP contribution in [0.4, 0.5) is 5.82 Å². The number of hydrogen-bond acceptors (Lipinski definition) is 5. The topological polar surface area (TPSA) is 81.7 Å². The Balaban J connectivity index is 1.51. The summed E-state index contributed by atoms with van der Waals surface area (Å²) < 4.78 is 2.09. The summed E-state index contributed by atoms with van der Waals surface area (Å²) in [6.07, 6.45) is 9.94. The predicted octanol–water partition coefficient (Wildman–Crippen LogP) is 3.98. The van der Waals surface area contributed by atoms with Crippen molar-refractivity contribution in [1.82, 2.24) is 25.1 Å². The van der Waals surface area contributed by atoms with Crippen molar-refractivity contribution in [2.45, 2.75) is 25.8 Å². The smallest absolute Gasteiger partial charge is 0.132 e. The van der Waals surface area contributed by atoms with Crippen molar-refractivity contribution in [3.8, 4) is 22.4 Å². The molecule has 1 aliphatic rings. The third-order valence-electron chi connectivity index (χ3n) is 5.69. The number of piperidine rings is 1. The van der Waals surface area contributed by atoms with Gasteiger partial charge in [0.05, 0.1) is 17.9 Å². The lowest BCUT2D eigenvalue weighted by molar-refractivity contribution is 0.343. The molecule has 5 rings (SSSR count). The number of nitrogens with zero attached hydrogens (tertiary/aromatic N) is 4. The van der Waals surface area contributed by atoms with Crippen molar-refractivity contribution in [2.24, 2.45) is 0 Å². The van der Waals surface area contributed by atoms with Crippen LogP contribution in [-0.4, -0.2) is 32.8 Å². The minimum absolute atomic E-state index is 0.455. The number of aryl methyl sites for hydroxylation is 1. The summed E-state index contributed by atoms with van der Waals surface area (Å²) in [6.45, 7) is 4.18. The first kappa shape index (κ1) is 17.8. The zero-order valence-electron chi connectivity index (χ0n) is 16.5. The Hall–Kier alpha value is -3.25. The van der Waals surface area contributed by atoms with Crippen molar-refractivity contribution in [2.75, 3.05) is 18.8 Å². The van der Waals surface area contributed by atoms with E-state index in [1.807, 2.05) is 18.6 Å². The molecule has 0 aliphatic carbocycles. The molecule has 1 fully saturated rings. The number of benzene rings is 1. The summed E-state index contributed by atoms with van der Waals surface area (Å²) in [4.78, 5) is 9.08. The maximum Gasteiger partial charge on any atom is 0.132 e. The Kier molecular flexibility index (Phi) is 4.48. The third kappa shape index (κ3) is 3.47. The maximum absolute atomic E-state index is 6.22. The number of hydrogen-bond donors (Lipinski definition) is 2. The summed E-state index contributed by atoms with van der Waals surface area (Å²) in [7, 11) is 0. The van der Waals surface area contributed by atoms with E-state index in [1.165, 1.54) is 5.56 Å². The molecule has 29 heavy (non-hydrogen) atoms. The van der Waals surface area contributed by atoms with Crippen LogP contribution < -0.4 is 11.1 Å². The van der Waals surface area contributed by atoms with Crippen molar-refractivity contribution in [3.63, 3.8) is 0 Å². The lowest BCUT2D eigenvalue weighted by Crippen LogP contribution is -2.29. The fourth-order valence-electron chi connectivity index (χ4n) is 4.00. The normalized spacial score (nSPS) is 15.1. The average Bonchev–Trinajstić information content (AvgIpc) is 3.24. The highest BCUT2D eigenvalue weighted by atomic mass is 15.3. The van der Waals surface area contributed by atoms with E-state index in [4.69, 9.17) is 5.73 Å². The summed E-state index contributed by atoms with van der Waals surface area (Å²) in [5, 5.41) is 10.3. The number of anilines is 1. The number of nitrogen functional groups attached to an aromatic ring is 1. The molecule has 0 bridgehead atoms. The number of nitrogens with one attached hydrogen (secondary N) is 1. The van der Waals surface area contributed by atoms with Gasteiger partial charge in [0.2, 0.25) is 0 Å². The number of aromatic nitrogens is 4. The molecule has 0 atom stereocenters. The van der Waals surface area contributed by atoms with Crippen LogP contribution in [0, 0.1) is 6.92 Å². The lowest BCUT2D eigenvalue weighted by Gasteiger charge is -2.22. The molecular weight excluding hydrogens is 360 g/mol. The fraction of sp³-hybridized carbons (Fsp3) is 0.261. The highest BCUT2D eigenvalue weighted by Crippen LogP contribution is 2.31. The monoisotopic (exact) mass is 384 g/mol. The Bertz CT molecular complexity index is 1170. The molecule has 1 aliphatic heterocycles. The molecule has 3 N–H and O–H groups in total. The van der Waals surface area contributed by atoms with E-state index in [0.29, 0.717) is 11.9 Å². The van der Waals surface area contributed by atoms with Gasteiger partial charge >= 0.3 is 0 Å². The Morgan fingerprint density at radius 3 is 2.69 bits per heavy atom. The molecule has 0 radical (unpaired) electrons. The minimum Gasteiger partial charge on any atom is -0.383 e. The van der Waals surface area contributed by atoms with Gasteiger partial charge < -0.3 is 11.1 Å². The van der Waals surface area contributed by atoms with Crippen LogP contribution in [0.2, 0.25) is 0 Å². The van der Waals surface area contributed by atoms with Crippen LogP contribution in [0.25, 0.3) is 33.2 Å². The van der Waals surface area contributed by atoms with Crippen molar-refractivity contribution in [3.05, 3.63) is 60.7 Å². The predicted molar refractivity (Wildman–Crippen MR) is 116 cm³/mol. The molecule has 3 aromatic heterocycles. The van der Waals surface area contributed by atoms with E-state index < -0.39 is 0 Å². The highest BCUT2D eigenvalue weighted by molar-refractivity contribution is 5.88. The van der Waals surface area contributed by atoms with E-state index in [2.05, 4.69) is 68.5 Å². The SMILES string of the molecule is Cc1ccc2cnc(-c3cc(-c4cnn(C5CCNCC5)c4)cnc3N)cc2c1. The molecule has 146 valence electrons. The van der Waals surface area contributed by atoms with Gasteiger partial charge in [-0.3, -0.25) is 9.67 Å². The standard InChI is InChI=1S/C23H24N6/c1-15-2-3-16-11-26-22(10-17(16)8-15)21-9-18(12-27-23(21)24)19-13-28-29(14-19)20-4-6-25-7-5-20/h2-3,8-14,20,25H,4-7H2,1H3,(H2,24,27). The van der Waals surface area contributed by atoms with E-state index >= 15 is 0 Å². The minimum atomic E-state index is 0.455. The molecule has 4 heterocycles. The van der Waals surface area contributed by atoms with Crippen LogP contribution in [0.15, 0.2) is 55.1 Å². The largest absolute Gasteiger partial charge is 0.383 e. The van der Waals surface area contributed by atoms with Crippen molar-refractivity contribution in [1.29, 1.82) is 0 Å². The van der Waals surface area contributed by atoms with Gasteiger partial charge in [-0.15, -0.1) is 0 Å². The number of fused-ring (bicyclic) bond motifs is 1. The van der Waals surface area contributed by atoms with Crippen LogP contribution in [0.3, 0.4) is 0 Å². The molecule has 0 saturated carbocycles. The van der Waals surface area contributed by atoms with Gasteiger partial charge in [-0.05, 0) is 50.4 Å². The maximum atomic E-state index is 6.22. The third-order valence-corrected chi connectivity index (χ3v) is 5.69. The second kappa shape index (κ2) is 7.29. The van der Waals surface area contributed by atoms with Crippen LogP contribution >= 0.6 is 0 Å². The quantitative estimate of drug-likeness (QED) is 0.558. The zero-order valence-corrected chi connectivity index (χ0v) is 16.5. The summed E-state index contributed by atoms with van der Waals surface area (Å²) >= 11 is 0. The summed E-state index contributed by atoms with van der Waals surface area (Å²) in [5.74, 6) is 0.485. The summed E-state index contributed by atoms with van der Waals surface area (Å²) in [6, 6.07) is 11.0. The zero-order chi connectivity index (χ0) is 19.8. The molecule has 4 aromatic rings. The van der Waals surface area contributed by atoms with Gasteiger partial charge in [-0.25, -0.2) is 4.98 Å². The second-order valence-corrected chi connectivity index (χ2v) is 7.77. The lowest BCUT2D eigenvalue weighted by atomic mass is 10.0. The molecule has 0 spiro atoms. The van der Waals surface area contributed by atoms with Crippen LogP contribution in [0.5, 0.6) is 0 Å². The van der Waals surface area contributed by atoms with Crippen molar-refractivity contribution < 1.29 is 0 Å². The number of rotatable bonds is 3. The highest BCUT2D eigenvalue weighted by Gasteiger charge is 2.17. The van der Waals surface area contributed by atoms with Gasteiger partial charge in [0, 0.05) is 40.7 Å². The molecule has 6 heteroatoms. The second-order valence-electron chi connectivity index (χ2n) is 7.77. The van der Waals surface area contributed by atoms with Crippen LogP contribution in [0.1, 0.15) is 24.4 Å². The molecule has 6 nitrogen and oxygen atoms in total. The molecule has 1 aromatic carbocycles. The Morgan fingerprint density at radius 2 is 1.83 bits per heavy atom.